The molecule has 3 amide bonds. The maximum Gasteiger partial charge on any atom is 0.326 e. The van der Waals surface area contributed by atoms with Crippen molar-refractivity contribution in [3.63, 3.8) is 0 Å². The Kier molecular flexibility index (Phi) is 12.2. The van der Waals surface area contributed by atoms with Crippen LogP contribution in [0.2, 0.25) is 0 Å². The fourth-order valence-corrected chi connectivity index (χ4v) is 5.54. The second kappa shape index (κ2) is 16.5. The van der Waals surface area contributed by atoms with E-state index in [9.17, 15) is 24.3 Å². The van der Waals surface area contributed by atoms with Gasteiger partial charge >= 0.3 is 5.97 Å². The van der Waals surface area contributed by atoms with Crippen LogP contribution in [0.15, 0.2) is 91.1 Å². The zero-order valence-corrected chi connectivity index (χ0v) is 25.9. The minimum atomic E-state index is -1.18. The van der Waals surface area contributed by atoms with Crippen molar-refractivity contribution < 1.29 is 24.3 Å². The summed E-state index contributed by atoms with van der Waals surface area (Å²) in [5.74, 6) is -2.32. The number of carbonyl (C=O) groups excluding carboxylic acids is 3. The summed E-state index contributed by atoms with van der Waals surface area (Å²) in [7, 11) is 0. The molecule has 0 saturated heterocycles. The molecule has 0 bridgehead atoms. The summed E-state index contributed by atoms with van der Waals surface area (Å²) in [6.45, 7) is 0. The second-order valence-corrected chi connectivity index (χ2v) is 11.8. The number of H-pyrrole nitrogens is 1. The highest BCUT2D eigenvalue weighted by Gasteiger charge is 2.30. The van der Waals surface area contributed by atoms with Gasteiger partial charge in [-0.3, -0.25) is 14.4 Å². The molecule has 4 aromatic rings. The van der Waals surface area contributed by atoms with E-state index in [1.54, 1.807) is 24.3 Å². The number of hydrogen-bond acceptors (Lipinski definition) is 6. The molecule has 0 aliphatic heterocycles. The number of thioether (sulfide) groups is 1. The van der Waals surface area contributed by atoms with Gasteiger partial charge in [0, 0.05) is 29.9 Å². The number of rotatable bonds is 16. The molecule has 1 heterocycles. The monoisotopic (exact) mass is 629 g/mol. The number of amides is 3. The number of carbonyl (C=O) groups is 4. The van der Waals surface area contributed by atoms with Gasteiger partial charge in [0.05, 0.1) is 6.04 Å². The molecule has 0 aliphatic carbocycles. The number of aliphatic carboxylic acids is 1. The van der Waals surface area contributed by atoms with Crippen molar-refractivity contribution in [2.45, 2.75) is 49.9 Å². The molecule has 4 unspecified atom stereocenters. The van der Waals surface area contributed by atoms with Gasteiger partial charge in [-0.1, -0.05) is 78.9 Å². The lowest BCUT2D eigenvalue weighted by molar-refractivity contribution is -0.142. The summed E-state index contributed by atoms with van der Waals surface area (Å²) in [5.41, 5.74) is 9.70. The SMILES string of the molecule is CSCCC(NC(=O)C(Cc1ccccc1)NC(=O)C(N)Cc1c[nH]c2ccccc12)C(=O)NC(Cc1ccccc1)C(=O)O. The molecule has 10 nitrogen and oxygen atoms in total. The zero-order chi connectivity index (χ0) is 32.2. The molecule has 236 valence electrons. The van der Waals surface area contributed by atoms with Crippen molar-refractivity contribution >= 4 is 46.4 Å². The fraction of sp³-hybridized carbons (Fsp3) is 0.294. The number of nitrogens with one attached hydrogen (secondary N) is 4. The summed E-state index contributed by atoms with van der Waals surface area (Å²) < 4.78 is 0. The third-order valence-electron chi connectivity index (χ3n) is 7.51. The van der Waals surface area contributed by atoms with Crippen molar-refractivity contribution in [2.24, 2.45) is 5.73 Å². The van der Waals surface area contributed by atoms with Crippen LogP contribution in [0.5, 0.6) is 0 Å². The Balaban J connectivity index is 1.48. The Bertz CT molecular complexity index is 1580. The number of benzene rings is 3. The van der Waals surface area contributed by atoms with E-state index in [1.165, 1.54) is 11.8 Å². The number of nitrogens with two attached hydrogens (primary N) is 1. The molecule has 3 aromatic carbocycles. The molecule has 0 fully saturated rings. The number of aromatic nitrogens is 1. The minimum absolute atomic E-state index is 0.0894. The molecule has 45 heavy (non-hydrogen) atoms. The van der Waals surface area contributed by atoms with Crippen LogP contribution in [0.25, 0.3) is 10.9 Å². The maximum atomic E-state index is 13.7. The molecule has 7 N–H and O–H groups in total. The Labute approximate surface area is 266 Å². The van der Waals surface area contributed by atoms with Gasteiger partial charge in [-0.05, 0) is 47.6 Å². The van der Waals surface area contributed by atoms with E-state index in [0.717, 1.165) is 27.6 Å². The summed E-state index contributed by atoms with van der Waals surface area (Å²) in [4.78, 5) is 55.6. The smallest absolute Gasteiger partial charge is 0.326 e. The number of hydrogen-bond donors (Lipinski definition) is 6. The summed E-state index contributed by atoms with van der Waals surface area (Å²) in [5, 5.41) is 18.9. The average molecular weight is 630 g/mol. The van der Waals surface area contributed by atoms with Gasteiger partial charge in [0.15, 0.2) is 0 Å². The van der Waals surface area contributed by atoms with Crippen molar-refractivity contribution in [2.75, 3.05) is 12.0 Å². The normalized spacial score (nSPS) is 13.7. The summed E-state index contributed by atoms with van der Waals surface area (Å²) >= 11 is 1.49. The first-order valence-electron chi connectivity index (χ1n) is 14.8. The molecule has 11 heteroatoms. The van der Waals surface area contributed by atoms with Gasteiger partial charge in [0.25, 0.3) is 0 Å². The van der Waals surface area contributed by atoms with E-state index in [-0.39, 0.29) is 25.7 Å². The van der Waals surface area contributed by atoms with Crippen LogP contribution in [0, 0.1) is 0 Å². The van der Waals surface area contributed by atoms with E-state index < -0.39 is 47.9 Å². The van der Waals surface area contributed by atoms with Crippen LogP contribution in [-0.2, 0) is 38.4 Å². The van der Waals surface area contributed by atoms with Gasteiger partial charge in [0.1, 0.15) is 18.1 Å². The highest BCUT2D eigenvalue weighted by atomic mass is 32.2. The number of carboxylic acids is 1. The Hall–Kier alpha value is -4.61. The fourth-order valence-electron chi connectivity index (χ4n) is 5.07. The van der Waals surface area contributed by atoms with Crippen LogP contribution in [0.1, 0.15) is 23.1 Å². The number of aromatic amines is 1. The first-order valence-corrected chi connectivity index (χ1v) is 16.2. The summed E-state index contributed by atoms with van der Waals surface area (Å²) in [6, 6.07) is 21.8. The Morgan fingerprint density at radius 3 is 1.89 bits per heavy atom. The highest BCUT2D eigenvalue weighted by Crippen LogP contribution is 2.19. The van der Waals surface area contributed by atoms with Gasteiger partial charge in [0.2, 0.25) is 17.7 Å². The van der Waals surface area contributed by atoms with Crippen LogP contribution in [0.3, 0.4) is 0 Å². The molecular weight excluding hydrogens is 590 g/mol. The first kappa shape index (κ1) is 33.3. The van der Waals surface area contributed by atoms with E-state index in [4.69, 9.17) is 5.73 Å². The third kappa shape index (κ3) is 9.69. The second-order valence-electron chi connectivity index (χ2n) is 10.9. The first-order chi connectivity index (χ1) is 21.7. The van der Waals surface area contributed by atoms with E-state index in [1.807, 2.05) is 73.1 Å². The minimum Gasteiger partial charge on any atom is -0.480 e. The van der Waals surface area contributed by atoms with Gasteiger partial charge in [-0.25, -0.2) is 4.79 Å². The van der Waals surface area contributed by atoms with Gasteiger partial charge in [-0.15, -0.1) is 0 Å². The van der Waals surface area contributed by atoms with Crippen molar-refractivity contribution in [3.8, 4) is 0 Å². The summed E-state index contributed by atoms with van der Waals surface area (Å²) in [6.07, 6.45) is 4.48. The largest absolute Gasteiger partial charge is 0.480 e. The highest BCUT2D eigenvalue weighted by molar-refractivity contribution is 7.98. The molecule has 1 aromatic heterocycles. The van der Waals surface area contributed by atoms with Crippen LogP contribution in [-0.4, -0.2) is 70.0 Å². The maximum absolute atomic E-state index is 13.7. The average Bonchev–Trinajstić information content (AvgIpc) is 3.45. The van der Waals surface area contributed by atoms with Crippen LogP contribution in [0.4, 0.5) is 0 Å². The molecule has 0 spiro atoms. The standard InChI is InChI=1S/C34H39N5O5S/c1-45-17-16-28(32(41)39-30(34(43)44)19-23-12-6-3-7-13-23)37-33(42)29(18-22-10-4-2-5-11-22)38-31(40)26(35)20-24-21-36-27-15-9-8-14-25(24)27/h2-15,21,26,28-30,36H,16-20,35H2,1H3,(H,37,42)(H,38,40)(H,39,41)(H,43,44). The van der Waals surface area contributed by atoms with Crippen LogP contribution >= 0.6 is 11.8 Å². The van der Waals surface area contributed by atoms with Crippen LogP contribution < -0.4 is 21.7 Å². The third-order valence-corrected chi connectivity index (χ3v) is 8.15. The van der Waals surface area contributed by atoms with Crippen molar-refractivity contribution in [1.82, 2.24) is 20.9 Å². The van der Waals surface area contributed by atoms with Crippen molar-refractivity contribution in [3.05, 3.63) is 108 Å². The number of para-hydroxylation sites is 1. The topological polar surface area (TPSA) is 166 Å². The Morgan fingerprint density at radius 2 is 1.27 bits per heavy atom. The van der Waals surface area contributed by atoms with Gasteiger partial charge in [-0.2, -0.15) is 11.8 Å². The lowest BCUT2D eigenvalue weighted by Gasteiger charge is -2.25. The molecule has 0 aliphatic rings. The Morgan fingerprint density at radius 1 is 0.733 bits per heavy atom. The zero-order valence-electron chi connectivity index (χ0n) is 25.1. The number of carboxylic acid groups (broad SMARTS) is 1. The predicted molar refractivity (Wildman–Crippen MR) is 177 cm³/mol. The quantitative estimate of drug-likeness (QED) is 0.111. The molecule has 0 radical (unpaired) electrons. The van der Waals surface area contributed by atoms with E-state index >= 15 is 0 Å². The van der Waals surface area contributed by atoms with E-state index in [0.29, 0.717) is 5.75 Å². The lowest BCUT2D eigenvalue weighted by atomic mass is 10.0. The molecule has 4 rings (SSSR count). The molecule has 4 atom stereocenters. The van der Waals surface area contributed by atoms with Gasteiger partial charge < -0.3 is 31.8 Å². The lowest BCUT2D eigenvalue weighted by Crippen LogP contribution is -2.58. The van der Waals surface area contributed by atoms with Crippen molar-refractivity contribution in [1.29, 1.82) is 0 Å². The molecular formula is C34H39N5O5S. The molecule has 0 saturated carbocycles. The van der Waals surface area contributed by atoms with E-state index in [2.05, 4.69) is 20.9 Å². The number of fused-ring (bicyclic) bond motifs is 1. The predicted octanol–water partition coefficient (Wildman–Crippen LogP) is 2.82.